The summed E-state index contributed by atoms with van der Waals surface area (Å²) < 4.78 is 26.8. The van der Waals surface area contributed by atoms with E-state index >= 15 is 0 Å². The van der Waals surface area contributed by atoms with Crippen LogP contribution in [0.1, 0.15) is 31.2 Å². The first-order chi connectivity index (χ1) is 9.03. The number of hydrogen-bond donors (Lipinski definition) is 1. The predicted octanol–water partition coefficient (Wildman–Crippen LogP) is 2.68. The van der Waals surface area contributed by atoms with Crippen LogP contribution in [-0.2, 0) is 10.0 Å². The Balaban J connectivity index is 2.07. The number of nitrogens with one attached hydrogen (secondary N) is 1. The molecule has 0 aliphatic heterocycles. The maximum absolute atomic E-state index is 12.1. The second-order valence-electron chi connectivity index (χ2n) is 4.74. The highest BCUT2D eigenvalue weighted by Gasteiger charge is 2.21. The lowest BCUT2D eigenvalue weighted by molar-refractivity contribution is 0.297. The van der Waals surface area contributed by atoms with Gasteiger partial charge in [-0.25, -0.2) is 13.1 Å². The van der Waals surface area contributed by atoms with Crippen LogP contribution in [0.5, 0.6) is 0 Å². The molecule has 1 saturated carbocycles. The van der Waals surface area contributed by atoms with E-state index in [-0.39, 0.29) is 15.5 Å². The number of hydrogen-bond acceptors (Lipinski definition) is 3. The van der Waals surface area contributed by atoms with E-state index < -0.39 is 10.0 Å². The smallest absolute Gasteiger partial charge is 0.211 e. The van der Waals surface area contributed by atoms with Gasteiger partial charge >= 0.3 is 0 Å². The predicted molar refractivity (Wildman–Crippen MR) is 73.3 cm³/mol. The molecule has 1 aromatic carbocycles. The molecular formula is C13H15ClN2O2S. The molecule has 4 nitrogen and oxygen atoms in total. The standard InChI is InChI=1S/C13H15ClN2O2S/c14-12-5-4-11(9-15)8-13(12)19(17,18)16-7-6-10-2-1-3-10/h4-5,8,10,16H,1-3,6-7H2. The first kappa shape index (κ1) is 14.3. The van der Waals surface area contributed by atoms with E-state index in [1.54, 1.807) is 0 Å². The number of rotatable bonds is 5. The van der Waals surface area contributed by atoms with Crippen LogP contribution < -0.4 is 4.72 Å². The molecule has 0 atom stereocenters. The van der Waals surface area contributed by atoms with Crippen LogP contribution in [0.3, 0.4) is 0 Å². The number of halogens is 1. The van der Waals surface area contributed by atoms with Crippen molar-refractivity contribution in [2.24, 2.45) is 5.92 Å². The molecule has 6 heteroatoms. The van der Waals surface area contributed by atoms with Gasteiger partial charge in [-0.15, -0.1) is 0 Å². The summed E-state index contributed by atoms with van der Waals surface area (Å²) in [5, 5.41) is 8.93. The van der Waals surface area contributed by atoms with Crippen molar-refractivity contribution >= 4 is 21.6 Å². The van der Waals surface area contributed by atoms with Gasteiger partial charge in [-0.05, 0) is 30.5 Å². The fourth-order valence-corrected chi connectivity index (χ4v) is 3.61. The Bertz CT molecular complexity index is 604. The van der Waals surface area contributed by atoms with Gasteiger partial charge in [0.05, 0.1) is 16.7 Å². The second-order valence-corrected chi connectivity index (χ2v) is 6.88. The highest BCUT2D eigenvalue weighted by Crippen LogP contribution is 2.29. The zero-order valence-electron chi connectivity index (χ0n) is 10.4. The quantitative estimate of drug-likeness (QED) is 0.908. The number of benzene rings is 1. The first-order valence-electron chi connectivity index (χ1n) is 6.22. The molecule has 0 aromatic heterocycles. The fraction of sp³-hybridized carbons (Fsp3) is 0.462. The molecule has 1 N–H and O–H groups in total. The van der Waals surface area contributed by atoms with Crippen molar-refractivity contribution in [2.45, 2.75) is 30.6 Å². The Morgan fingerprint density at radius 2 is 2.16 bits per heavy atom. The number of sulfonamides is 1. The lowest BCUT2D eigenvalue weighted by Crippen LogP contribution is -2.27. The minimum Gasteiger partial charge on any atom is -0.211 e. The molecule has 0 unspecified atom stereocenters. The molecule has 0 saturated heterocycles. The molecule has 1 aliphatic carbocycles. The maximum Gasteiger partial charge on any atom is 0.242 e. The summed E-state index contributed by atoms with van der Waals surface area (Å²) in [5.74, 6) is 0.642. The Labute approximate surface area is 118 Å². The third-order valence-electron chi connectivity index (χ3n) is 3.42. The van der Waals surface area contributed by atoms with E-state index in [4.69, 9.17) is 16.9 Å². The van der Waals surface area contributed by atoms with Crippen LogP contribution in [0.15, 0.2) is 23.1 Å². The third-order valence-corrected chi connectivity index (χ3v) is 5.36. The van der Waals surface area contributed by atoms with Crippen molar-refractivity contribution in [2.75, 3.05) is 6.54 Å². The summed E-state index contributed by atoms with van der Waals surface area (Å²) in [6, 6.07) is 6.13. The van der Waals surface area contributed by atoms with E-state index in [1.165, 1.54) is 37.5 Å². The van der Waals surface area contributed by atoms with Gasteiger partial charge in [-0.3, -0.25) is 0 Å². The number of nitriles is 1. The second kappa shape index (κ2) is 5.91. The Hall–Kier alpha value is -1.09. The molecule has 1 aliphatic rings. The average molecular weight is 299 g/mol. The maximum atomic E-state index is 12.1. The van der Waals surface area contributed by atoms with E-state index in [2.05, 4.69) is 4.72 Å². The Kier molecular flexibility index (Phi) is 4.46. The average Bonchev–Trinajstić information content (AvgIpc) is 2.33. The van der Waals surface area contributed by atoms with Crippen molar-refractivity contribution in [3.8, 4) is 6.07 Å². The van der Waals surface area contributed by atoms with Crippen molar-refractivity contribution in [1.82, 2.24) is 4.72 Å². The van der Waals surface area contributed by atoms with Crippen LogP contribution in [-0.4, -0.2) is 15.0 Å². The van der Waals surface area contributed by atoms with Gasteiger partial charge in [0.2, 0.25) is 10.0 Å². The van der Waals surface area contributed by atoms with Gasteiger partial charge in [0.25, 0.3) is 0 Å². The summed E-state index contributed by atoms with van der Waals surface area (Å²) in [4.78, 5) is -0.0261. The van der Waals surface area contributed by atoms with Crippen molar-refractivity contribution in [3.63, 3.8) is 0 Å². The lowest BCUT2D eigenvalue weighted by Gasteiger charge is -2.25. The van der Waals surface area contributed by atoms with Gasteiger partial charge < -0.3 is 0 Å². The summed E-state index contributed by atoms with van der Waals surface area (Å²) in [6.07, 6.45) is 4.47. The van der Waals surface area contributed by atoms with Crippen molar-refractivity contribution < 1.29 is 8.42 Å². The van der Waals surface area contributed by atoms with Crippen LogP contribution in [0.25, 0.3) is 0 Å². The van der Waals surface area contributed by atoms with Crippen molar-refractivity contribution in [3.05, 3.63) is 28.8 Å². The van der Waals surface area contributed by atoms with E-state index in [1.807, 2.05) is 6.07 Å². The highest BCUT2D eigenvalue weighted by atomic mass is 35.5. The van der Waals surface area contributed by atoms with Crippen LogP contribution >= 0.6 is 11.6 Å². The van der Waals surface area contributed by atoms with Crippen LogP contribution in [0, 0.1) is 17.2 Å². The van der Waals surface area contributed by atoms with Gasteiger partial charge in [0.1, 0.15) is 4.90 Å². The van der Waals surface area contributed by atoms with E-state index in [9.17, 15) is 8.42 Å². The lowest BCUT2D eigenvalue weighted by atomic mass is 9.83. The highest BCUT2D eigenvalue weighted by molar-refractivity contribution is 7.89. The fourth-order valence-electron chi connectivity index (χ4n) is 2.04. The van der Waals surface area contributed by atoms with E-state index in [0.29, 0.717) is 12.5 Å². The summed E-state index contributed by atoms with van der Waals surface area (Å²) in [5.41, 5.74) is 0.281. The molecule has 0 spiro atoms. The first-order valence-corrected chi connectivity index (χ1v) is 8.08. The molecule has 2 rings (SSSR count). The largest absolute Gasteiger partial charge is 0.242 e. The summed E-state index contributed by atoms with van der Waals surface area (Å²) in [7, 11) is -3.64. The summed E-state index contributed by atoms with van der Waals surface area (Å²) in [6.45, 7) is 0.417. The van der Waals surface area contributed by atoms with Gasteiger partial charge in [0, 0.05) is 6.54 Å². The molecule has 0 bridgehead atoms. The molecule has 102 valence electrons. The van der Waals surface area contributed by atoms with Crippen LogP contribution in [0.4, 0.5) is 0 Å². The third kappa shape index (κ3) is 3.47. The molecule has 0 amide bonds. The SMILES string of the molecule is N#Cc1ccc(Cl)c(S(=O)(=O)NCCC2CCC2)c1. The van der Waals surface area contributed by atoms with Crippen LogP contribution in [0.2, 0.25) is 5.02 Å². The normalized spacial score (nSPS) is 15.8. The molecule has 1 fully saturated rings. The van der Waals surface area contributed by atoms with E-state index in [0.717, 1.165) is 6.42 Å². The Morgan fingerprint density at radius 1 is 1.42 bits per heavy atom. The minimum atomic E-state index is -3.64. The summed E-state index contributed by atoms with van der Waals surface area (Å²) >= 11 is 5.89. The zero-order chi connectivity index (χ0) is 13.9. The zero-order valence-corrected chi connectivity index (χ0v) is 12.0. The monoisotopic (exact) mass is 298 g/mol. The Morgan fingerprint density at radius 3 is 2.74 bits per heavy atom. The molecule has 0 radical (unpaired) electrons. The topological polar surface area (TPSA) is 70.0 Å². The van der Waals surface area contributed by atoms with Gasteiger partial charge in [-0.2, -0.15) is 5.26 Å². The van der Waals surface area contributed by atoms with Gasteiger partial charge in [-0.1, -0.05) is 30.9 Å². The van der Waals surface area contributed by atoms with Gasteiger partial charge in [0.15, 0.2) is 0 Å². The number of nitrogens with zero attached hydrogens (tertiary/aromatic N) is 1. The molecule has 19 heavy (non-hydrogen) atoms. The molecule has 0 heterocycles. The van der Waals surface area contributed by atoms with Crippen molar-refractivity contribution in [1.29, 1.82) is 5.26 Å². The molecule has 1 aromatic rings. The molecular weight excluding hydrogens is 284 g/mol. The minimum absolute atomic E-state index is 0.0261.